The van der Waals surface area contributed by atoms with Gasteiger partial charge in [0.2, 0.25) is 0 Å². The number of hydrogen-bond donors (Lipinski definition) is 2. The molecule has 7 heteroatoms. The van der Waals surface area contributed by atoms with Crippen molar-refractivity contribution < 1.29 is 4.74 Å². The number of rotatable bonds is 8. The molecule has 0 aliphatic carbocycles. The van der Waals surface area contributed by atoms with Crippen LogP contribution in [0, 0.1) is 0 Å². The van der Waals surface area contributed by atoms with Gasteiger partial charge in [0, 0.05) is 34.9 Å². The van der Waals surface area contributed by atoms with E-state index in [0.29, 0.717) is 42.3 Å². The Labute approximate surface area is 151 Å². The van der Waals surface area contributed by atoms with Crippen molar-refractivity contribution in [1.29, 1.82) is 0 Å². The molecule has 24 heavy (non-hydrogen) atoms. The lowest BCUT2D eigenvalue weighted by Gasteiger charge is -2.07. The van der Waals surface area contributed by atoms with Crippen molar-refractivity contribution in [3.05, 3.63) is 63.9 Å². The van der Waals surface area contributed by atoms with Gasteiger partial charge in [0.05, 0.1) is 19.8 Å². The van der Waals surface area contributed by atoms with Gasteiger partial charge in [-0.2, -0.15) is 0 Å². The molecule has 0 atom stereocenters. The molecule has 0 bridgehead atoms. The fraction of sp³-hybridized carbons (Fsp3) is 0.294. The molecule has 0 aliphatic rings. The van der Waals surface area contributed by atoms with Gasteiger partial charge in [-0.1, -0.05) is 35.3 Å². The van der Waals surface area contributed by atoms with Crippen LogP contribution in [0.1, 0.15) is 11.3 Å². The first-order valence-electron chi connectivity index (χ1n) is 7.60. The second kappa shape index (κ2) is 10.1. The molecule has 5 nitrogen and oxygen atoms in total. The van der Waals surface area contributed by atoms with E-state index in [9.17, 15) is 0 Å². The molecule has 0 aliphatic heterocycles. The summed E-state index contributed by atoms with van der Waals surface area (Å²) in [7, 11) is 0. The Morgan fingerprint density at radius 2 is 2.12 bits per heavy atom. The third kappa shape index (κ3) is 6.74. The summed E-state index contributed by atoms with van der Waals surface area (Å²) < 4.78 is 5.54. The highest BCUT2D eigenvalue weighted by Gasteiger charge is 2.01. The number of nitrogens with zero attached hydrogens (tertiary/aromatic N) is 2. The van der Waals surface area contributed by atoms with Crippen molar-refractivity contribution in [2.45, 2.75) is 13.0 Å². The molecule has 0 radical (unpaired) electrons. The zero-order valence-electron chi connectivity index (χ0n) is 13.2. The fourth-order valence-electron chi connectivity index (χ4n) is 1.97. The number of guanidine groups is 1. The first kappa shape index (κ1) is 18.5. The van der Waals surface area contributed by atoms with E-state index in [1.54, 1.807) is 18.3 Å². The first-order valence-corrected chi connectivity index (χ1v) is 8.36. The monoisotopic (exact) mass is 366 g/mol. The topological polar surface area (TPSA) is 72.5 Å². The van der Waals surface area contributed by atoms with Crippen molar-refractivity contribution in [2.75, 3.05) is 19.7 Å². The molecule has 1 aromatic carbocycles. The number of nitrogens with one attached hydrogen (secondary N) is 1. The van der Waals surface area contributed by atoms with E-state index in [1.165, 1.54) is 0 Å². The number of pyridine rings is 1. The van der Waals surface area contributed by atoms with Gasteiger partial charge in [0.1, 0.15) is 0 Å². The van der Waals surface area contributed by atoms with Gasteiger partial charge in [-0.15, -0.1) is 0 Å². The summed E-state index contributed by atoms with van der Waals surface area (Å²) in [4.78, 5) is 8.45. The summed E-state index contributed by atoms with van der Waals surface area (Å²) >= 11 is 11.9. The largest absolute Gasteiger partial charge is 0.375 e. The van der Waals surface area contributed by atoms with E-state index in [2.05, 4.69) is 15.3 Å². The fourth-order valence-corrected chi connectivity index (χ4v) is 2.44. The molecule has 0 saturated heterocycles. The predicted octanol–water partition coefficient (Wildman–Crippen LogP) is 3.05. The van der Waals surface area contributed by atoms with Crippen LogP contribution in [0.2, 0.25) is 10.0 Å². The number of halogens is 2. The number of aliphatic imine (C=N–C) groups is 1. The van der Waals surface area contributed by atoms with Gasteiger partial charge < -0.3 is 15.8 Å². The maximum absolute atomic E-state index is 6.07. The average Bonchev–Trinajstić information content (AvgIpc) is 2.57. The Bertz CT molecular complexity index is 665. The second-order valence-electron chi connectivity index (χ2n) is 5.05. The summed E-state index contributed by atoms with van der Waals surface area (Å²) in [6.07, 6.45) is 2.57. The zero-order chi connectivity index (χ0) is 17.2. The minimum Gasteiger partial charge on any atom is -0.375 e. The lowest BCUT2D eigenvalue weighted by Crippen LogP contribution is -2.33. The van der Waals surface area contributed by atoms with E-state index >= 15 is 0 Å². The molecular formula is C17H20Cl2N4O. The normalized spacial score (nSPS) is 11.5. The van der Waals surface area contributed by atoms with Crippen molar-refractivity contribution in [1.82, 2.24) is 10.3 Å². The average molecular weight is 367 g/mol. The Hall–Kier alpha value is -1.82. The van der Waals surface area contributed by atoms with Crippen molar-refractivity contribution in [3.8, 4) is 0 Å². The van der Waals surface area contributed by atoms with Crippen LogP contribution in [0.5, 0.6) is 0 Å². The lowest BCUT2D eigenvalue weighted by atomic mass is 10.2. The highest BCUT2D eigenvalue weighted by molar-refractivity contribution is 6.35. The molecule has 0 fully saturated rings. The molecule has 0 unspecified atom stereocenters. The molecule has 1 heterocycles. The predicted molar refractivity (Wildman–Crippen MR) is 98.6 cm³/mol. The van der Waals surface area contributed by atoms with E-state index in [0.717, 1.165) is 17.7 Å². The molecule has 128 valence electrons. The molecule has 2 rings (SSSR count). The molecule has 0 spiro atoms. The van der Waals surface area contributed by atoms with Gasteiger partial charge in [-0.25, -0.2) is 0 Å². The number of nitrogens with two attached hydrogens (primary N) is 1. The van der Waals surface area contributed by atoms with Crippen LogP contribution in [-0.4, -0.2) is 30.6 Å². The standard InChI is InChI=1S/C17H20Cl2N4O/c18-14-5-4-13(16(19)11-14)12-24-10-9-23-17(20)22-8-6-15-3-1-2-7-21-15/h1-5,7,11H,6,8-10,12H2,(H3,20,22,23). The minimum absolute atomic E-state index is 0.402. The van der Waals surface area contributed by atoms with E-state index < -0.39 is 0 Å². The summed E-state index contributed by atoms with van der Waals surface area (Å²) in [5.74, 6) is 0.402. The Morgan fingerprint density at radius 3 is 2.88 bits per heavy atom. The lowest BCUT2D eigenvalue weighted by molar-refractivity contribution is 0.128. The SMILES string of the molecule is NC(=NCCOCc1ccc(Cl)cc1Cl)NCCc1ccccn1. The number of ether oxygens (including phenoxy) is 1. The summed E-state index contributed by atoms with van der Waals surface area (Å²) in [5, 5.41) is 4.26. The first-order chi connectivity index (χ1) is 11.6. The van der Waals surface area contributed by atoms with E-state index in [1.807, 2.05) is 24.3 Å². The number of aromatic nitrogens is 1. The van der Waals surface area contributed by atoms with Crippen LogP contribution in [-0.2, 0) is 17.8 Å². The summed E-state index contributed by atoms with van der Waals surface area (Å²) in [6.45, 7) is 2.04. The van der Waals surface area contributed by atoms with Crippen LogP contribution in [0.3, 0.4) is 0 Å². The number of hydrogen-bond acceptors (Lipinski definition) is 3. The van der Waals surface area contributed by atoms with Gasteiger partial charge in [-0.3, -0.25) is 9.98 Å². The van der Waals surface area contributed by atoms with Crippen LogP contribution < -0.4 is 11.1 Å². The Kier molecular flexibility index (Phi) is 7.82. The molecule has 0 saturated carbocycles. The Morgan fingerprint density at radius 1 is 1.25 bits per heavy atom. The second-order valence-corrected chi connectivity index (χ2v) is 5.90. The summed E-state index contributed by atoms with van der Waals surface area (Å²) in [5.41, 5.74) is 7.71. The van der Waals surface area contributed by atoms with E-state index in [-0.39, 0.29) is 0 Å². The number of benzene rings is 1. The molecule has 2 aromatic rings. The van der Waals surface area contributed by atoms with Gasteiger partial charge in [0.25, 0.3) is 0 Å². The smallest absolute Gasteiger partial charge is 0.188 e. The maximum Gasteiger partial charge on any atom is 0.188 e. The molecule has 3 N–H and O–H groups in total. The van der Waals surface area contributed by atoms with Gasteiger partial charge in [0.15, 0.2) is 5.96 Å². The highest BCUT2D eigenvalue weighted by atomic mass is 35.5. The third-order valence-corrected chi connectivity index (χ3v) is 3.79. The Balaban J connectivity index is 1.61. The van der Waals surface area contributed by atoms with Crippen LogP contribution in [0.15, 0.2) is 47.6 Å². The van der Waals surface area contributed by atoms with Crippen molar-refractivity contribution >= 4 is 29.2 Å². The summed E-state index contributed by atoms with van der Waals surface area (Å²) in [6, 6.07) is 11.2. The van der Waals surface area contributed by atoms with Crippen molar-refractivity contribution in [3.63, 3.8) is 0 Å². The molecule has 0 amide bonds. The minimum atomic E-state index is 0.402. The van der Waals surface area contributed by atoms with Gasteiger partial charge in [-0.05, 0) is 29.8 Å². The molecule has 1 aromatic heterocycles. The molecular weight excluding hydrogens is 347 g/mol. The van der Waals surface area contributed by atoms with Crippen LogP contribution >= 0.6 is 23.2 Å². The van der Waals surface area contributed by atoms with Gasteiger partial charge >= 0.3 is 0 Å². The zero-order valence-corrected chi connectivity index (χ0v) is 14.7. The quantitative estimate of drug-likeness (QED) is 0.427. The highest BCUT2D eigenvalue weighted by Crippen LogP contribution is 2.21. The van der Waals surface area contributed by atoms with Crippen LogP contribution in [0.25, 0.3) is 0 Å². The van der Waals surface area contributed by atoms with E-state index in [4.69, 9.17) is 33.7 Å². The van der Waals surface area contributed by atoms with Crippen LogP contribution in [0.4, 0.5) is 0 Å². The van der Waals surface area contributed by atoms with Crippen molar-refractivity contribution in [2.24, 2.45) is 10.7 Å². The maximum atomic E-state index is 6.07. The third-order valence-electron chi connectivity index (χ3n) is 3.20.